The second-order valence-corrected chi connectivity index (χ2v) is 7.62. The van der Waals surface area contributed by atoms with E-state index in [1.807, 2.05) is 12.1 Å². The highest BCUT2D eigenvalue weighted by Gasteiger charge is 2.13. The average molecular weight is 549 g/mol. The summed E-state index contributed by atoms with van der Waals surface area (Å²) in [5.41, 5.74) is 1.00. The van der Waals surface area contributed by atoms with Gasteiger partial charge in [0.2, 0.25) is 5.75 Å². The molecule has 1 heterocycles. The van der Waals surface area contributed by atoms with Crippen molar-refractivity contribution >= 4 is 29.9 Å². The highest BCUT2D eigenvalue weighted by molar-refractivity contribution is 14.0. The SMILES string of the molecule is CCNC(=NCc1cc(OC)c(OC)c(OC)c1)NCCCCCN1CCCCC1.I. The van der Waals surface area contributed by atoms with Crippen LogP contribution in [0.2, 0.25) is 0 Å². The van der Waals surface area contributed by atoms with Gasteiger partial charge in [-0.05, 0) is 69.9 Å². The van der Waals surface area contributed by atoms with Crippen LogP contribution in [0.4, 0.5) is 0 Å². The fourth-order valence-electron chi connectivity index (χ4n) is 3.77. The fourth-order valence-corrected chi connectivity index (χ4v) is 3.77. The Labute approximate surface area is 205 Å². The number of unbranched alkanes of at least 4 members (excludes halogenated alkanes) is 2. The molecule has 0 unspecified atom stereocenters. The maximum absolute atomic E-state index is 5.43. The van der Waals surface area contributed by atoms with Crippen LogP contribution in [-0.2, 0) is 6.54 Å². The van der Waals surface area contributed by atoms with Crippen LogP contribution in [0.5, 0.6) is 17.2 Å². The number of rotatable bonds is 12. The van der Waals surface area contributed by atoms with Gasteiger partial charge in [-0.25, -0.2) is 4.99 Å². The lowest BCUT2D eigenvalue weighted by Gasteiger charge is -2.26. The number of aliphatic imine (C=N–C) groups is 1. The van der Waals surface area contributed by atoms with Crippen molar-refractivity contribution in [3.05, 3.63) is 17.7 Å². The molecule has 0 aromatic heterocycles. The second kappa shape index (κ2) is 16.2. The Morgan fingerprint density at radius 3 is 2.19 bits per heavy atom. The molecule has 8 heteroatoms. The lowest BCUT2D eigenvalue weighted by Crippen LogP contribution is -2.37. The first-order valence-electron chi connectivity index (χ1n) is 11.2. The Kier molecular flexibility index (Phi) is 14.5. The van der Waals surface area contributed by atoms with Crippen LogP contribution in [0.15, 0.2) is 17.1 Å². The number of benzene rings is 1. The molecule has 1 aromatic carbocycles. The summed E-state index contributed by atoms with van der Waals surface area (Å²) in [6, 6.07) is 3.88. The number of ether oxygens (including phenoxy) is 3. The number of likely N-dealkylation sites (tertiary alicyclic amines) is 1. The quantitative estimate of drug-likeness (QED) is 0.178. The molecule has 0 aliphatic carbocycles. The lowest BCUT2D eigenvalue weighted by atomic mass is 10.1. The minimum absolute atomic E-state index is 0. The van der Waals surface area contributed by atoms with E-state index < -0.39 is 0 Å². The molecule has 0 spiro atoms. The summed E-state index contributed by atoms with van der Waals surface area (Å²) in [6.07, 6.45) is 7.83. The van der Waals surface area contributed by atoms with Crippen molar-refractivity contribution in [1.82, 2.24) is 15.5 Å². The fraction of sp³-hybridized carbons (Fsp3) is 0.696. The molecular weight excluding hydrogens is 507 g/mol. The molecule has 2 N–H and O–H groups in total. The van der Waals surface area contributed by atoms with Crippen molar-refractivity contribution in [3.63, 3.8) is 0 Å². The van der Waals surface area contributed by atoms with Gasteiger partial charge in [-0.2, -0.15) is 0 Å². The minimum atomic E-state index is 0. The Balaban J connectivity index is 0.00000480. The Hall–Kier alpha value is -1.42. The van der Waals surface area contributed by atoms with E-state index in [-0.39, 0.29) is 24.0 Å². The van der Waals surface area contributed by atoms with Crippen molar-refractivity contribution in [3.8, 4) is 17.2 Å². The summed E-state index contributed by atoms with van der Waals surface area (Å²) in [7, 11) is 4.86. The van der Waals surface area contributed by atoms with Crippen molar-refractivity contribution in [2.75, 3.05) is 54.1 Å². The van der Waals surface area contributed by atoms with Crippen LogP contribution >= 0.6 is 24.0 Å². The number of hydrogen-bond acceptors (Lipinski definition) is 5. The topological polar surface area (TPSA) is 67.4 Å². The third kappa shape index (κ3) is 9.72. The summed E-state index contributed by atoms with van der Waals surface area (Å²) in [6.45, 7) is 8.19. The summed E-state index contributed by atoms with van der Waals surface area (Å²) < 4.78 is 16.3. The highest BCUT2D eigenvalue weighted by atomic mass is 127. The Bertz CT molecular complexity index is 627. The van der Waals surface area contributed by atoms with E-state index in [0.717, 1.165) is 31.0 Å². The number of piperidine rings is 1. The maximum Gasteiger partial charge on any atom is 0.203 e. The molecule has 2 rings (SSSR count). The molecule has 0 atom stereocenters. The van der Waals surface area contributed by atoms with Gasteiger partial charge >= 0.3 is 0 Å². The van der Waals surface area contributed by atoms with Crippen molar-refractivity contribution in [2.45, 2.75) is 52.0 Å². The van der Waals surface area contributed by atoms with Gasteiger partial charge in [0.05, 0.1) is 27.9 Å². The van der Waals surface area contributed by atoms with Crippen LogP contribution < -0.4 is 24.8 Å². The largest absolute Gasteiger partial charge is 0.493 e. The first kappa shape index (κ1) is 27.6. The molecule has 1 aliphatic heterocycles. The number of methoxy groups -OCH3 is 3. The monoisotopic (exact) mass is 548 g/mol. The van der Waals surface area contributed by atoms with E-state index in [0.29, 0.717) is 23.8 Å². The van der Waals surface area contributed by atoms with E-state index in [1.165, 1.54) is 51.7 Å². The molecule has 7 nitrogen and oxygen atoms in total. The average Bonchev–Trinajstić information content (AvgIpc) is 2.79. The van der Waals surface area contributed by atoms with Gasteiger partial charge in [0, 0.05) is 13.1 Å². The first-order valence-corrected chi connectivity index (χ1v) is 11.2. The van der Waals surface area contributed by atoms with Crippen molar-refractivity contribution in [1.29, 1.82) is 0 Å². The molecule has 1 saturated heterocycles. The third-order valence-electron chi connectivity index (χ3n) is 5.38. The van der Waals surface area contributed by atoms with Gasteiger partial charge in [0.25, 0.3) is 0 Å². The number of guanidine groups is 1. The lowest BCUT2D eigenvalue weighted by molar-refractivity contribution is 0.224. The molecule has 0 saturated carbocycles. The van der Waals surface area contributed by atoms with Crippen LogP contribution in [0, 0.1) is 0 Å². The van der Waals surface area contributed by atoms with Crippen LogP contribution in [0.1, 0.15) is 51.0 Å². The van der Waals surface area contributed by atoms with Crippen molar-refractivity contribution in [2.24, 2.45) is 4.99 Å². The molecule has 1 aromatic rings. The van der Waals surface area contributed by atoms with Crippen LogP contribution in [0.3, 0.4) is 0 Å². The standard InChI is InChI=1S/C23H40N4O3.HI/c1-5-24-23(25-12-8-6-9-13-27-14-10-7-11-15-27)26-18-19-16-20(28-2)22(30-4)21(17-19)29-3;/h16-17H,5-15,18H2,1-4H3,(H2,24,25,26);1H. The van der Waals surface area contributed by atoms with E-state index >= 15 is 0 Å². The summed E-state index contributed by atoms with van der Waals surface area (Å²) >= 11 is 0. The highest BCUT2D eigenvalue weighted by Crippen LogP contribution is 2.38. The zero-order valence-electron chi connectivity index (χ0n) is 19.7. The molecular formula is C23H41IN4O3. The van der Waals surface area contributed by atoms with E-state index in [9.17, 15) is 0 Å². The Morgan fingerprint density at radius 1 is 0.935 bits per heavy atom. The molecule has 178 valence electrons. The molecule has 1 fully saturated rings. The zero-order chi connectivity index (χ0) is 21.6. The number of halogens is 1. The smallest absolute Gasteiger partial charge is 0.203 e. The maximum atomic E-state index is 5.43. The van der Waals surface area contributed by atoms with Gasteiger partial charge in [0.1, 0.15) is 0 Å². The molecule has 31 heavy (non-hydrogen) atoms. The van der Waals surface area contributed by atoms with Crippen molar-refractivity contribution < 1.29 is 14.2 Å². The summed E-state index contributed by atoms with van der Waals surface area (Å²) in [4.78, 5) is 7.33. The van der Waals surface area contributed by atoms with E-state index in [1.54, 1.807) is 21.3 Å². The van der Waals surface area contributed by atoms with Gasteiger partial charge in [-0.3, -0.25) is 0 Å². The van der Waals surface area contributed by atoms with Gasteiger partial charge in [-0.15, -0.1) is 24.0 Å². The molecule has 0 bridgehead atoms. The predicted octanol–water partition coefficient (Wildman–Crippen LogP) is 4.04. The number of hydrogen-bond donors (Lipinski definition) is 2. The van der Waals surface area contributed by atoms with Crippen LogP contribution in [0.25, 0.3) is 0 Å². The first-order chi connectivity index (χ1) is 14.7. The zero-order valence-corrected chi connectivity index (χ0v) is 22.0. The molecule has 0 radical (unpaired) electrons. The minimum Gasteiger partial charge on any atom is -0.493 e. The number of nitrogens with zero attached hydrogens (tertiary/aromatic N) is 2. The second-order valence-electron chi connectivity index (χ2n) is 7.62. The molecule has 0 amide bonds. The molecule has 1 aliphatic rings. The van der Waals surface area contributed by atoms with E-state index in [4.69, 9.17) is 19.2 Å². The predicted molar refractivity (Wildman–Crippen MR) is 138 cm³/mol. The summed E-state index contributed by atoms with van der Waals surface area (Å²) in [5.74, 6) is 2.73. The van der Waals surface area contributed by atoms with Crippen LogP contribution in [-0.4, -0.2) is 64.9 Å². The normalized spacial score (nSPS) is 14.5. The van der Waals surface area contributed by atoms with Gasteiger partial charge in [-0.1, -0.05) is 12.8 Å². The Morgan fingerprint density at radius 2 is 1.61 bits per heavy atom. The third-order valence-corrected chi connectivity index (χ3v) is 5.38. The number of nitrogens with one attached hydrogen (secondary N) is 2. The van der Waals surface area contributed by atoms with Gasteiger partial charge < -0.3 is 29.7 Å². The summed E-state index contributed by atoms with van der Waals surface area (Å²) in [5, 5.41) is 6.77. The van der Waals surface area contributed by atoms with Gasteiger partial charge in [0.15, 0.2) is 17.5 Å². The van der Waals surface area contributed by atoms with E-state index in [2.05, 4.69) is 22.5 Å².